The van der Waals surface area contributed by atoms with Crippen LogP contribution in [0.15, 0.2) is 65.3 Å². The lowest BCUT2D eigenvalue weighted by molar-refractivity contribution is 1.33. The van der Waals surface area contributed by atoms with Crippen molar-refractivity contribution in [3.8, 4) is 6.57 Å². The lowest BCUT2D eigenvalue weighted by atomic mass is 10.1. The molecule has 1 rings (SSSR count). The fourth-order valence-electron chi connectivity index (χ4n) is 1.54. The van der Waals surface area contributed by atoms with Gasteiger partial charge in [0.2, 0.25) is 0 Å². The van der Waals surface area contributed by atoms with Gasteiger partial charge in [-0.1, -0.05) is 79.6 Å². The van der Waals surface area contributed by atoms with Crippen molar-refractivity contribution >= 4 is 6.08 Å². The van der Waals surface area contributed by atoms with Crippen LogP contribution in [0.4, 0.5) is 0 Å². The second-order valence-electron chi connectivity index (χ2n) is 5.21. The summed E-state index contributed by atoms with van der Waals surface area (Å²) < 4.78 is 0. The molecule has 1 nitrogen and oxygen atoms in total. The number of nitriles is 1. The SMILES string of the molecule is C#N.CC.CC(C)=C/C=C(C)/C(C)=C/C=C/c1ccc(C)cc1. The Morgan fingerprint density at radius 1 is 0.826 bits per heavy atom. The maximum atomic E-state index is 6.50. The van der Waals surface area contributed by atoms with Gasteiger partial charge < -0.3 is 0 Å². The first-order valence-electron chi connectivity index (χ1n) is 7.98. The Balaban J connectivity index is 0. The highest BCUT2D eigenvalue weighted by Crippen LogP contribution is 2.10. The Labute approximate surface area is 143 Å². The molecule has 0 bridgehead atoms. The van der Waals surface area contributed by atoms with Crippen LogP contribution in [0.5, 0.6) is 0 Å². The molecule has 0 aliphatic heterocycles. The highest BCUT2D eigenvalue weighted by atomic mass is 14.2. The van der Waals surface area contributed by atoms with E-state index in [0.29, 0.717) is 0 Å². The minimum atomic E-state index is 1.24. The van der Waals surface area contributed by atoms with E-state index in [1.807, 2.05) is 13.8 Å². The zero-order valence-corrected chi connectivity index (χ0v) is 15.7. The molecule has 23 heavy (non-hydrogen) atoms. The number of nitrogens with zero attached hydrogens (tertiary/aromatic N) is 1. The molecular formula is C22H31N. The monoisotopic (exact) mass is 309 g/mol. The van der Waals surface area contributed by atoms with Gasteiger partial charge in [0.15, 0.2) is 0 Å². The van der Waals surface area contributed by atoms with Gasteiger partial charge in [-0.25, -0.2) is 5.26 Å². The molecule has 0 N–H and O–H groups in total. The number of hydrogen-bond acceptors (Lipinski definition) is 1. The number of benzene rings is 1. The van der Waals surface area contributed by atoms with Gasteiger partial charge in [-0.15, -0.1) is 0 Å². The molecule has 124 valence electrons. The van der Waals surface area contributed by atoms with Crippen LogP contribution < -0.4 is 0 Å². The average molecular weight is 309 g/mol. The van der Waals surface area contributed by atoms with Crippen LogP contribution in [0.2, 0.25) is 0 Å². The predicted molar refractivity (Wildman–Crippen MR) is 105 cm³/mol. The molecule has 0 aliphatic carbocycles. The molecule has 1 aromatic carbocycles. The van der Waals surface area contributed by atoms with Gasteiger partial charge in [-0.05, 0) is 51.3 Å². The highest BCUT2D eigenvalue weighted by molar-refractivity contribution is 5.52. The van der Waals surface area contributed by atoms with Crippen molar-refractivity contribution in [3.05, 3.63) is 76.4 Å². The zero-order valence-electron chi connectivity index (χ0n) is 15.7. The third-order valence-electron chi connectivity index (χ3n) is 3.00. The number of allylic oxidation sites excluding steroid dienone is 7. The smallest absolute Gasteiger partial charge is 0.0462 e. The van der Waals surface area contributed by atoms with E-state index in [0.717, 1.165) is 0 Å². The molecule has 0 unspecified atom stereocenters. The van der Waals surface area contributed by atoms with Crippen LogP contribution in [-0.2, 0) is 0 Å². The van der Waals surface area contributed by atoms with Crippen LogP contribution in [0.3, 0.4) is 0 Å². The van der Waals surface area contributed by atoms with Gasteiger partial charge in [0.1, 0.15) is 0 Å². The van der Waals surface area contributed by atoms with E-state index in [9.17, 15) is 0 Å². The maximum absolute atomic E-state index is 6.50. The average Bonchev–Trinajstić information content (AvgIpc) is 2.58. The number of hydrogen-bond donors (Lipinski definition) is 0. The fraction of sp³-hybridized carbons (Fsp3) is 0.318. The summed E-state index contributed by atoms with van der Waals surface area (Å²) in [7, 11) is 0. The van der Waals surface area contributed by atoms with Crippen molar-refractivity contribution in [1.82, 2.24) is 0 Å². The largest absolute Gasteiger partial charge is 0.202 e. The maximum Gasteiger partial charge on any atom is 0.0462 e. The van der Waals surface area contributed by atoms with Crippen LogP contribution in [-0.4, -0.2) is 0 Å². The quantitative estimate of drug-likeness (QED) is 0.547. The summed E-state index contributed by atoms with van der Waals surface area (Å²) in [6.07, 6.45) is 10.7. The summed E-state index contributed by atoms with van der Waals surface area (Å²) in [6.45, 7) is 18.1. The van der Waals surface area contributed by atoms with Crippen LogP contribution >= 0.6 is 0 Å². The molecule has 0 atom stereocenters. The molecule has 0 saturated carbocycles. The molecule has 0 saturated heterocycles. The van der Waals surface area contributed by atoms with E-state index in [1.54, 1.807) is 0 Å². The van der Waals surface area contributed by atoms with Crippen LogP contribution in [0.1, 0.15) is 52.7 Å². The van der Waals surface area contributed by atoms with E-state index < -0.39 is 0 Å². The zero-order chi connectivity index (χ0) is 18.3. The first-order valence-corrected chi connectivity index (χ1v) is 7.98. The van der Waals surface area contributed by atoms with Crippen molar-refractivity contribution in [2.24, 2.45) is 0 Å². The van der Waals surface area contributed by atoms with E-state index >= 15 is 0 Å². The standard InChI is InChI=1S/C19H24.C2H6.CHN/c1-15(2)9-12-18(5)17(4)7-6-8-19-13-10-16(3)11-14-19;2*1-2/h6-14H,1-5H3;1-2H3;1H/b8-6+,17-7+,18-12+;;. The Kier molecular flexibility index (Phi) is 14.6. The predicted octanol–water partition coefficient (Wildman–Crippen LogP) is 7.03. The minimum Gasteiger partial charge on any atom is -0.202 e. The van der Waals surface area contributed by atoms with E-state index in [2.05, 4.69) is 95.8 Å². The van der Waals surface area contributed by atoms with Gasteiger partial charge >= 0.3 is 0 Å². The third-order valence-corrected chi connectivity index (χ3v) is 3.00. The lowest BCUT2D eigenvalue weighted by Crippen LogP contribution is -1.78. The first kappa shape index (κ1) is 22.9. The van der Waals surface area contributed by atoms with Crippen LogP contribution in [0.25, 0.3) is 6.08 Å². The molecule has 0 fully saturated rings. The van der Waals surface area contributed by atoms with Crippen molar-refractivity contribution in [3.63, 3.8) is 0 Å². The summed E-state index contributed by atoms with van der Waals surface area (Å²) >= 11 is 0. The van der Waals surface area contributed by atoms with Gasteiger partial charge in [0, 0.05) is 6.57 Å². The Hall–Kier alpha value is -2.33. The molecule has 0 aliphatic rings. The molecule has 0 spiro atoms. The third kappa shape index (κ3) is 12.0. The topological polar surface area (TPSA) is 23.8 Å². The molecule has 1 aromatic rings. The summed E-state index contributed by atoms with van der Waals surface area (Å²) in [5.41, 5.74) is 6.45. The molecule has 1 heteroatoms. The van der Waals surface area contributed by atoms with Crippen molar-refractivity contribution < 1.29 is 0 Å². The van der Waals surface area contributed by atoms with Gasteiger partial charge in [-0.3, -0.25) is 0 Å². The second-order valence-corrected chi connectivity index (χ2v) is 5.21. The summed E-state index contributed by atoms with van der Waals surface area (Å²) in [6, 6.07) is 8.55. The number of aryl methyl sites for hydroxylation is 1. The fourth-order valence-corrected chi connectivity index (χ4v) is 1.54. The Morgan fingerprint density at radius 3 is 1.78 bits per heavy atom. The normalized spacial score (nSPS) is 11.0. The summed E-state index contributed by atoms with van der Waals surface area (Å²) in [5, 5.41) is 6.50. The molecule has 0 amide bonds. The second kappa shape index (κ2) is 14.6. The van der Waals surface area contributed by atoms with Crippen molar-refractivity contribution in [2.45, 2.75) is 48.5 Å². The summed E-state index contributed by atoms with van der Waals surface area (Å²) in [4.78, 5) is 0. The van der Waals surface area contributed by atoms with Crippen molar-refractivity contribution in [1.29, 1.82) is 5.26 Å². The Bertz CT molecular complexity index is 560. The van der Waals surface area contributed by atoms with Crippen LogP contribution in [0, 0.1) is 18.8 Å². The van der Waals surface area contributed by atoms with E-state index in [4.69, 9.17) is 5.26 Å². The Morgan fingerprint density at radius 2 is 1.30 bits per heavy atom. The lowest BCUT2D eigenvalue weighted by Gasteiger charge is -1.99. The van der Waals surface area contributed by atoms with E-state index in [-0.39, 0.29) is 0 Å². The minimum absolute atomic E-state index is 1.24. The molecule has 0 aromatic heterocycles. The summed E-state index contributed by atoms with van der Waals surface area (Å²) in [5.74, 6) is 0. The first-order chi connectivity index (χ1) is 11.0. The number of rotatable bonds is 4. The molecule has 0 radical (unpaired) electrons. The molecular weight excluding hydrogens is 278 g/mol. The highest BCUT2D eigenvalue weighted by Gasteiger charge is 1.90. The van der Waals surface area contributed by atoms with Gasteiger partial charge in [-0.2, -0.15) is 0 Å². The van der Waals surface area contributed by atoms with Crippen molar-refractivity contribution in [2.75, 3.05) is 0 Å². The van der Waals surface area contributed by atoms with E-state index in [1.165, 1.54) is 27.8 Å². The van der Waals surface area contributed by atoms with Gasteiger partial charge in [0.25, 0.3) is 0 Å². The van der Waals surface area contributed by atoms with Gasteiger partial charge in [0.05, 0.1) is 0 Å². The molecule has 0 heterocycles.